The van der Waals surface area contributed by atoms with Crippen molar-refractivity contribution in [2.75, 3.05) is 22.1 Å². The van der Waals surface area contributed by atoms with E-state index in [1.165, 1.54) is 15.9 Å². The number of anilines is 3. The third-order valence-electron chi connectivity index (χ3n) is 5.13. The molecule has 1 aromatic heterocycles. The summed E-state index contributed by atoms with van der Waals surface area (Å²) in [6.45, 7) is -0.0635. The maximum Gasteiger partial charge on any atom is 0.258 e. The molecule has 10 nitrogen and oxygen atoms in total. The first kappa shape index (κ1) is 20.1. The van der Waals surface area contributed by atoms with E-state index in [1.54, 1.807) is 66.7 Å². The van der Waals surface area contributed by atoms with Gasteiger partial charge < -0.3 is 10.6 Å². The van der Waals surface area contributed by atoms with Crippen LogP contribution in [0.1, 0.15) is 20.7 Å². The largest absolute Gasteiger partial charge is 0.323 e. The molecule has 3 aromatic carbocycles. The van der Waals surface area contributed by atoms with Gasteiger partial charge in [0.1, 0.15) is 12.9 Å². The topological polar surface area (TPSA) is 122 Å². The minimum absolute atomic E-state index is 0.0635. The van der Waals surface area contributed by atoms with Crippen molar-refractivity contribution in [3.63, 3.8) is 0 Å². The highest BCUT2D eigenvalue weighted by Gasteiger charge is 2.27. The van der Waals surface area contributed by atoms with Gasteiger partial charge in [-0.15, -0.1) is 5.10 Å². The molecule has 162 valence electrons. The number of nitrogens with zero attached hydrogens (tertiary/aromatic N) is 5. The number of rotatable bonds is 4. The van der Waals surface area contributed by atoms with Crippen LogP contribution in [0, 0.1) is 0 Å². The number of hydrogen-bond donors (Lipinski definition) is 2. The van der Waals surface area contributed by atoms with Crippen LogP contribution in [0.25, 0.3) is 5.69 Å². The molecule has 2 N–H and O–H groups in total. The molecule has 0 radical (unpaired) electrons. The molecule has 1 aliphatic rings. The van der Waals surface area contributed by atoms with E-state index in [4.69, 9.17) is 0 Å². The number of nitrogens with one attached hydrogen (secondary N) is 2. The average Bonchev–Trinajstić information content (AvgIpc) is 3.39. The number of para-hydroxylation sites is 2. The van der Waals surface area contributed by atoms with Gasteiger partial charge in [-0.3, -0.25) is 19.3 Å². The SMILES string of the molecule is O=C1CN(C(=O)c2ccc(NC(=O)c3cccc(-n4cnnn4)c3)cc2)c2ccccc2N1. The molecule has 0 spiro atoms. The second-order valence-electron chi connectivity index (χ2n) is 7.29. The number of benzene rings is 3. The standard InChI is InChI=1S/C23H17N7O3/c31-21-13-29(20-7-2-1-6-19(20)26-21)23(33)15-8-10-17(11-9-15)25-22(32)16-4-3-5-18(12-16)30-14-24-27-28-30/h1-12,14H,13H2,(H,25,32)(H,26,31). The van der Waals surface area contributed by atoms with E-state index in [0.29, 0.717) is 33.9 Å². The second kappa shape index (κ2) is 8.35. The molecule has 0 aliphatic carbocycles. The summed E-state index contributed by atoms with van der Waals surface area (Å²) in [4.78, 5) is 39.2. The van der Waals surface area contributed by atoms with Crippen LogP contribution in [0.3, 0.4) is 0 Å². The summed E-state index contributed by atoms with van der Waals surface area (Å²) in [6, 6.07) is 20.5. The third-order valence-corrected chi connectivity index (χ3v) is 5.13. The normalized spacial score (nSPS) is 12.6. The van der Waals surface area contributed by atoms with Gasteiger partial charge in [-0.1, -0.05) is 18.2 Å². The van der Waals surface area contributed by atoms with Crippen molar-refractivity contribution in [1.82, 2.24) is 20.2 Å². The van der Waals surface area contributed by atoms with Crippen molar-refractivity contribution in [3.05, 3.63) is 90.3 Å². The summed E-state index contributed by atoms with van der Waals surface area (Å²) in [6.07, 6.45) is 1.44. The lowest BCUT2D eigenvalue weighted by atomic mass is 10.1. The number of tetrazole rings is 1. The fraction of sp³-hybridized carbons (Fsp3) is 0.0435. The van der Waals surface area contributed by atoms with Crippen LogP contribution in [0.2, 0.25) is 0 Å². The number of aromatic nitrogens is 4. The molecule has 1 aliphatic heterocycles. The van der Waals surface area contributed by atoms with E-state index < -0.39 is 0 Å². The molecule has 2 heterocycles. The van der Waals surface area contributed by atoms with Gasteiger partial charge in [0.15, 0.2) is 0 Å². The summed E-state index contributed by atoms with van der Waals surface area (Å²) in [5.41, 5.74) is 3.25. The molecule has 0 bridgehead atoms. The molecule has 5 rings (SSSR count). The summed E-state index contributed by atoms with van der Waals surface area (Å²) >= 11 is 0. The lowest BCUT2D eigenvalue weighted by Gasteiger charge is -2.29. The number of carbonyl (C=O) groups is 3. The van der Waals surface area contributed by atoms with Crippen molar-refractivity contribution in [1.29, 1.82) is 0 Å². The third kappa shape index (κ3) is 4.04. The summed E-state index contributed by atoms with van der Waals surface area (Å²) < 4.78 is 1.45. The summed E-state index contributed by atoms with van der Waals surface area (Å²) in [5, 5.41) is 16.6. The van der Waals surface area contributed by atoms with Crippen molar-refractivity contribution >= 4 is 34.8 Å². The molecular formula is C23H17N7O3. The number of carbonyl (C=O) groups excluding carboxylic acids is 3. The minimum atomic E-state index is -0.314. The van der Waals surface area contributed by atoms with E-state index in [1.807, 2.05) is 6.07 Å². The van der Waals surface area contributed by atoms with Gasteiger partial charge in [0.25, 0.3) is 11.8 Å². The van der Waals surface area contributed by atoms with Crippen molar-refractivity contribution in [2.24, 2.45) is 0 Å². The smallest absolute Gasteiger partial charge is 0.258 e. The van der Waals surface area contributed by atoms with Gasteiger partial charge in [-0.2, -0.15) is 0 Å². The average molecular weight is 439 g/mol. The first-order chi connectivity index (χ1) is 16.1. The van der Waals surface area contributed by atoms with Crippen LogP contribution < -0.4 is 15.5 Å². The maximum atomic E-state index is 13.1. The molecule has 0 fully saturated rings. The molecular weight excluding hydrogens is 422 g/mol. The van der Waals surface area contributed by atoms with Gasteiger partial charge in [-0.25, -0.2) is 4.68 Å². The Kier molecular flexibility index (Phi) is 5.07. The molecule has 0 unspecified atom stereocenters. The van der Waals surface area contributed by atoms with E-state index in [9.17, 15) is 14.4 Å². The first-order valence-corrected chi connectivity index (χ1v) is 10.0. The number of hydrogen-bond acceptors (Lipinski definition) is 6. The van der Waals surface area contributed by atoms with Crippen LogP contribution in [-0.2, 0) is 4.79 Å². The Morgan fingerprint density at radius 3 is 2.55 bits per heavy atom. The molecule has 10 heteroatoms. The van der Waals surface area contributed by atoms with Crippen LogP contribution in [0.5, 0.6) is 0 Å². The molecule has 0 saturated heterocycles. The van der Waals surface area contributed by atoms with Crippen LogP contribution in [0.15, 0.2) is 79.1 Å². The Morgan fingerprint density at radius 2 is 1.76 bits per heavy atom. The Bertz CT molecular complexity index is 1350. The van der Waals surface area contributed by atoms with E-state index in [0.717, 1.165) is 0 Å². The van der Waals surface area contributed by atoms with E-state index in [-0.39, 0.29) is 24.3 Å². The zero-order valence-corrected chi connectivity index (χ0v) is 17.2. The van der Waals surface area contributed by atoms with Gasteiger partial charge in [-0.05, 0) is 65.0 Å². The summed E-state index contributed by atoms with van der Waals surface area (Å²) in [5.74, 6) is -0.871. The highest BCUT2D eigenvalue weighted by Crippen LogP contribution is 2.30. The van der Waals surface area contributed by atoms with Gasteiger partial charge in [0.2, 0.25) is 5.91 Å². The number of amides is 3. The maximum absolute atomic E-state index is 13.1. The monoisotopic (exact) mass is 439 g/mol. The van der Waals surface area contributed by atoms with Gasteiger partial charge in [0.05, 0.1) is 17.1 Å². The quantitative estimate of drug-likeness (QED) is 0.504. The zero-order valence-electron chi connectivity index (χ0n) is 17.2. The minimum Gasteiger partial charge on any atom is -0.323 e. The van der Waals surface area contributed by atoms with E-state index >= 15 is 0 Å². The Hall–Kier alpha value is -4.86. The molecule has 0 atom stereocenters. The van der Waals surface area contributed by atoms with E-state index in [2.05, 4.69) is 26.2 Å². The van der Waals surface area contributed by atoms with Crippen LogP contribution in [-0.4, -0.2) is 44.5 Å². The van der Waals surface area contributed by atoms with Crippen molar-refractivity contribution < 1.29 is 14.4 Å². The molecule has 33 heavy (non-hydrogen) atoms. The number of fused-ring (bicyclic) bond motifs is 1. The molecule has 4 aromatic rings. The molecule has 0 saturated carbocycles. The summed E-state index contributed by atoms with van der Waals surface area (Å²) in [7, 11) is 0. The second-order valence-corrected chi connectivity index (χ2v) is 7.29. The Balaban J connectivity index is 1.31. The lowest BCUT2D eigenvalue weighted by molar-refractivity contribution is -0.115. The fourth-order valence-electron chi connectivity index (χ4n) is 3.54. The lowest BCUT2D eigenvalue weighted by Crippen LogP contribution is -2.42. The predicted octanol–water partition coefficient (Wildman–Crippen LogP) is 2.51. The van der Waals surface area contributed by atoms with Crippen LogP contribution >= 0.6 is 0 Å². The predicted molar refractivity (Wildman–Crippen MR) is 120 cm³/mol. The molecule has 3 amide bonds. The van der Waals surface area contributed by atoms with Crippen molar-refractivity contribution in [2.45, 2.75) is 0 Å². The van der Waals surface area contributed by atoms with Gasteiger partial charge in [0, 0.05) is 16.8 Å². The van der Waals surface area contributed by atoms with Gasteiger partial charge >= 0.3 is 0 Å². The zero-order chi connectivity index (χ0) is 22.8. The van der Waals surface area contributed by atoms with Crippen LogP contribution in [0.4, 0.5) is 17.1 Å². The Morgan fingerprint density at radius 1 is 0.939 bits per heavy atom. The Labute approximate surface area is 187 Å². The van der Waals surface area contributed by atoms with Crippen molar-refractivity contribution in [3.8, 4) is 5.69 Å². The highest BCUT2D eigenvalue weighted by molar-refractivity contribution is 6.15. The highest BCUT2D eigenvalue weighted by atomic mass is 16.2. The fourth-order valence-corrected chi connectivity index (χ4v) is 3.54. The first-order valence-electron chi connectivity index (χ1n) is 10.0.